The van der Waals surface area contributed by atoms with Gasteiger partial charge in [-0.2, -0.15) is 18.3 Å². The molecule has 2 aromatic heterocycles. The Morgan fingerprint density at radius 1 is 1.28 bits per heavy atom. The number of amides is 1. The smallest absolute Gasteiger partial charge is 0.351 e. The van der Waals surface area contributed by atoms with Crippen molar-refractivity contribution in [2.75, 3.05) is 0 Å². The van der Waals surface area contributed by atoms with Crippen LogP contribution in [-0.2, 0) is 23.9 Å². The number of carbonyl (C=O) groups excluding carboxylic acids is 1. The van der Waals surface area contributed by atoms with Gasteiger partial charge in [0.1, 0.15) is 0 Å². The molecule has 9 heteroatoms. The van der Waals surface area contributed by atoms with Crippen LogP contribution in [0, 0.1) is 6.92 Å². The Morgan fingerprint density at radius 3 is 2.69 bits per heavy atom. The zero-order valence-electron chi connectivity index (χ0n) is 15.6. The van der Waals surface area contributed by atoms with Gasteiger partial charge >= 0.3 is 6.18 Å². The fraction of sp³-hybridized carbons (Fsp3) is 0.300. The molecule has 0 atom stereocenters. The molecule has 0 aliphatic heterocycles. The first-order valence-corrected chi connectivity index (χ1v) is 10.2. The second kappa shape index (κ2) is 9.00. The van der Waals surface area contributed by atoms with Crippen LogP contribution in [0.5, 0.6) is 0 Å². The number of nitrogens with zero attached hydrogens (tertiary/aromatic N) is 2. The lowest BCUT2D eigenvalue weighted by Gasteiger charge is -2.09. The third-order valence-corrected chi connectivity index (χ3v) is 5.75. The van der Waals surface area contributed by atoms with Gasteiger partial charge in [-0.3, -0.25) is 4.79 Å². The zero-order chi connectivity index (χ0) is 21.0. The Bertz CT molecular complexity index is 997. The zero-order valence-corrected chi connectivity index (χ0v) is 17.2. The predicted octanol–water partition coefficient (Wildman–Crippen LogP) is 5.55. The first kappa shape index (κ1) is 21.4. The number of carbonyl (C=O) groups is 1. The van der Waals surface area contributed by atoms with Gasteiger partial charge in [0, 0.05) is 17.0 Å². The van der Waals surface area contributed by atoms with Crippen LogP contribution in [0.3, 0.4) is 0 Å². The van der Waals surface area contributed by atoms with E-state index in [9.17, 15) is 18.0 Å². The third kappa shape index (κ3) is 5.39. The van der Waals surface area contributed by atoms with Crippen LogP contribution in [0.15, 0.2) is 41.8 Å². The second-order valence-corrected chi connectivity index (χ2v) is 7.95. The fourth-order valence-electron chi connectivity index (χ4n) is 2.85. The number of para-hydroxylation sites is 1. The molecule has 0 radical (unpaired) electrons. The van der Waals surface area contributed by atoms with Crippen LogP contribution >= 0.6 is 22.9 Å². The molecule has 3 rings (SSSR count). The number of hydrogen-bond donors (Lipinski definition) is 1. The summed E-state index contributed by atoms with van der Waals surface area (Å²) in [5.41, 5.74) is 0.869. The van der Waals surface area contributed by atoms with Gasteiger partial charge in [0.15, 0.2) is 5.69 Å². The average Bonchev–Trinajstić information content (AvgIpc) is 3.26. The van der Waals surface area contributed by atoms with E-state index in [0.717, 1.165) is 16.5 Å². The molecule has 1 aromatic carbocycles. The van der Waals surface area contributed by atoms with Crippen LogP contribution < -0.4 is 5.32 Å². The number of aromatic nitrogens is 2. The van der Waals surface area contributed by atoms with E-state index in [0.29, 0.717) is 29.4 Å². The molecular formula is C20H19ClF3N3OS. The van der Waals surface area contributed by atoms with Crippen LogP contribution in [0.25, 0.3) is 5.69 Å². The largest absolute Gasteiger partial charge is 0.435 e. The first-order valence-electron chi connectivity index (χ1n) is 8.96. The Morgan fingerprint density at radius 2 is 2.03 bits per heavy atom. The van der Waals surface area contributed by atoms with E-state index < -0.39 is 11.9 Å². The number of alkyl halides is 3. The molecule has 0 fully saturated rings. The molecule has 3 aromatic rings. The standard InChI is InChI=1S/C20H19ClF3N3OS/c1-13-9-10-29-17(13)12-25-19(28)8-4-5-14-11-18(20(22,23)24)26-27(14)16-7-3-2-6-15(16)21/h2-3,6-7,9-11H,4-5,8,12H2,1H3,(H,25,28). The maximum atomic E-state index is 13.1. The van der Waals surface area contributed by atoms with E-state index in [1.54, 1.807) is 35.6 Å². The molecule has 0 saturated carbocycles. The minimum absolute atomic E-state index is 0.141. The van der Waals surface area contributed by atoms with Gasteiger partial charge in [-0.05, 0) is 55.0 Å². The SMILES string of the molecule is Cc1ccsc1CNC(=O)CCCc1cc(C(F)(F)F)nn1-c1ccccc1Cl. The van der Waals surface area contributed by atoms with Crippen molar-refractivity contribution in [3.05, 3.63) is 68.6 Å². The van der Waals surface area contributed by atoms with Crippen molar-refractivity contribution in [3.63, 3.8) is 0 Å². The molecule has 1 amide bonds. The summed E-state index contributed by atoms with van der Waals surface area (Å²) in [6.45, 7) is 2.43. The maximum absolute atomic E-state index is 13.1. The number of nitrogens with one attached hydrogen (secondary N) is 1. The Balaban J connectivity index is 1.67. The normalized spacial score (nSPS) is 11.6. The Labute approximate surface area is 175 Å². The third-order valence-electron chi connectivity index (χ3n) is 4.41. The molecule has 0 aliphatic rings. The number of aryl methyl sites for hydroxylation is 2. The van der Waals surface area contributed by atoms with Crippen LogP contribution in [0.4, 0.5) is 13.2 Å². The van der Waals surface area contributed by atoms with E-state index >= 15 is 0 Å². The highest BCUT2D eigenvalue weighted by molar-refractivity contribution is 7.10. The summed E-state index contributed by atoms with van der Waals surface area (Å²) >= 11 is 7.71. The van der Waals surface area contributed by atoms with E-state index in [1.807, 2.05) is 18.4 Å². The summed E-state index contributed by atoms with van der Waals surface area (Å²) in [7, 11) is 0. The molecule has 4 nitrogen and oxygen atoms in total. The van der Waals surface area contributed by atoms with Crippen molar-refractivity contribution in [2.24, 2.45) is 0 Å². The van der Waals surface area contributed by atoms with Gasteiger partial charge in [-0.15, -0.1) is 11.3 Å². The lowest BCUT2D eigenvalue weighted by molar-refractivity contribution is -0.141. The van der Waals surface area contributed by atoms with Gasteiger partial charge in [0.25, 0.3) is 0 Å². The highest BCUT2D eigenvalue weighted by atomic mass is 35.5. The van der Waals surface area contributed by atoms with Crippen molar-refractivity contribution in [1.82, 2.24) is 15.1 Å². The molecule has 1 N–H and O–H groups in total. The summed E-state index contributed by atoms with van der Waals surface area (Å²) in [6, 6.07) is 9.57. The summed E-state index contributed by atoms with van der Waals surface area (Å²) in [5, 5.41) is 8.81. The Kier molecular flexibility index (Phi) is 6.64. The van der Waals surface area contributed by atoms with Crippen molar-refractivity contribution >= 4 is 28.8 Å². The molecule has 0 aliphatic carbocycles. The summed E-state index contributed by atoms with van der Waals surface area (Å²) < 4.78 is 40.6. The fourth-order valence-corrected chi connectivity index (χ4v) is 3.91. The molecular weight excluding hydrogens is 423 g/mol. The van der Waals surface area contributed by atoms with Gasteiger partial charge in [-0.25, -0.2) is 4.68 Å². The average molecular weight is 442 g/mol. The molecule has 29 heavy (non-hydrogen) atoms. The van der Waals surface area contributed by atoms with Crippen LogP contribution in [0.2, 0.25) is 5.02 Å². The molecule has 2 heterocycles. The van der Waals surface area contributed by atoms with Crippen molar-refractivity contribution < 1.29 is 18.0 Å². The lowest BCUT2D eigenvalue weighted by Crippen LogP contribution is -2.22. The monoisotopic (exact) mass is 441 g/mol. The van der Waals surface area contributed by atoms with Gasteiger partial charge in [0.05, 0.1) is 17.3 Å². The highest BCUT2D eigenvalue weighted by Gasteiger charge is 2.35. The quantitative estimate of drug-likeness (QED) is 0.522. The lowest BCUT2D eigenvalue weighted by atomic mass is 10.1. The minimum atomic E-state index is -4.56. The van der Waals surface area contributed by atoms with E-state index in [2.05, 4.69) is 10.4 Å². The molecule has 0 unspecified atom stereocenters. The minimum Gasteiger partial charge on any atom is -0.351 e. The predicted molar refractivity (Wildman–Crippen MR) is 107 cm³/mol. The number of halogens is 4. The van der Waals surface area contributed by atoms with Crippen molar-refractivity contribution in [1.29, 1.82) is 0 Å². The number of rotatable bonds is 7. The molecule has 154 valence electrons. The van der Waals surface area contributed by atoms with E-state index in [1.165, 1.54) is 4.68 Å². The van der Waals surface area contributed by atoms with Crippen molar-refractivity contribution in [2.45, 2.75) is 38.9 Å². The summed E-state index contributed by atoms with van der Waals surface area (Å²) in [5.74, 6) is -0.141. The van der Waals surface area contributed by atoms with Gasteiger partial charge in [0.2, 0.25) is 5.91 Å². The topological polar surface area (TPSA) is 46.9 Å². The van der Waals surface area contributed by atoms with Crippen molar-refractivity contribution in [3.8, 4) is 5.69 Å². The van der Waals surface area contributed by atoms with Crippen LogP contribution in [-0.4, -0.2) is 15.7 Å². The maximum Gasteiger partial charge on any atom is 0.435 e. The summed E-state index contributed by atoms with van der Waals surface area (Å²) in [4.78, 5) is 13.2. The molecule has 0 spiro atoms. The van der Waals surface area contributed by atoms with Gasteiger partial charge in [-0.1, -0.05) is 23.7 Å². The van der Waals surface area contributed by atoms with E-state index in [4.69, 9.17) is 11.6 Å². The second-order valence-electron chi connectivity index (χ2n) is 6.54. The van der Waals surface area contributed by atoms with E-state index in [-0.39, 0.29) is 18.7 Å². The highest BCUT2D eigenvalue weighted by Crippen LogP contribution is 2.31. The number of benzene rings is 1. The summed E-state index contributed by atoms with van der Waals surface area (Å²) in [6.07, 6.45) is -3.70. The van der Waals surface area contributed by atoms with Gasteiger partial charge < -0.3 is 5.32 Å². The number of thiophene rings is 1. The number of hydrogen-bond acceptors (Lipinski definition) is 3. The molecule has 0 bridgehead atoms. The molecule has 0 saturated heterocycles. The Hall–Kier alpha value is -2.32. The van der Waals surface area contributed by atoms with Crippen LogP contribution in [0.1, 0.15) is 34.7 Å². The first-order chi connectivity index (χ1) is 13.8.